The summed E-state index contributed by atoms with van der Waals surface area (Å²) in [5.41, 5.74) is 5.95. The SMILES string of the molecule is CC(C)(C)ONC1Cc2ccccc2C1. The Kier molecular flexibility index (Phi) is 2.81. The highest BCUT2D eigenvalue weighted by Crippen LogP contribution is 2.22. The molecular formula is C13H19NO. The summed E-state index contributed by atoms with van der Waals surface area (Å²) in [4.78, 5) is 5.59. The quantitative estimate of drug-likeness (QED) is 0.749. The monoisotopic (exact) mass is 205 g/mol. The Morgan fingerprint density at radius 3 is 2.13 bits per heavy atom. The number of nitrogens with one attached hydrogen (secondary N) is 1. The molecule has 2 rings (SSSR count). The molecule has 0 aliphatic heterocycles. The first-order chi connectivity index (χ1) is 7.04. The molecule has 0 atom stereocenters. The van der Waals surface area contributed by atoms with Crippen LogP contribution in [-0.4, -0.2) is 11.6 Å². The average molecular weight is 205 g/mol. The van der Waals surface area contributed by atoms with Gasteiger partial charge in [-0.1, -0.05) is 24.3 Å². The molecule has 0 radical (unpaired) electrons. The van der Waals surface area contributed by atoms with Crippen molar-refractivity contribution in [2.24, 2.45) is 0 Å². The van der Waals surface area contributed by atoms with Gasteiger partial charge in [0, 0.05) is 6.04 Å². The highest BCUT2D eigenvalue weighted by Gasteiger charge is 2.22. The first-order valence-electron chi connectivity index (χ1n) is 5.55. The molecule has 0 saturated carbocycles. The second-order valence-corrected chi connectivity index (χ2v) is 5.21. The van der Waals surface area contributed by atoms with Crippen molar-refractivity contribution >= 4 is 0 Å². The fourth-order valence-corrected chi connectivity index (χ4v) is 1.90. The van der Waals surface area contributed by atoms with E-state index in [-0.39, 0.29) is 5.60 Å². The number of hydrogen-bond acceptors (Lipinski definition) is 2. The van der Waals surface area contributed by atoms with Crippen LogP contribution in [0.25, 0.3) is 0 Å². The van der Waals surface area contributed by atoms with Crippen molar-refractivity contribution in [2.45, 2.75) is 45.3 Å². The van der Waals surface area contributed by atoms with Crippen LogP contribution < -0.4 is 5.48 Å². The van der Waals surface area contributed by atoms with E-state index in [0.717, 1.165) is 12.8 Å². The molecule has 1 aromatic rings. The zero-order chi connectivity index (χ0) is 10.9. The molecular weight excluding hydrogens is 186 g/mol. The fraction of sp³-hybridized carbons (Fsp3) is 0.538. The van der Waals surface area contributed by atoms with E-state index in [0.29, 0.717) is 6.04 Å². The molecule has 1 aliphatic rings. The summed E-state index contributed by atoms with van der Waals surface area (Å²) in [5, 5.41) is 0. The number of benzene rings is 1. The van der Waals surface area contributed by atoms with E-state index >= 15 is 0 Å². The lowest BCUT2D eigenvalue weighted by Gasteiger charge is -2.22. The van der Waals surface area contributed by atoms with Crippen molar-refractivity contribution in [1.29, 1.82) is 0 Å². The third-order valence-corrected chi connectivity index (χ3v) is 2.58. The summed E-state index contributed by atoms with van der Waals surface area (Å²) < 4.78 is 0. The standard InChI is InChI=1S/C13H19NO/c1-13(2,3)15-14-12-8-10-6-4-5-7-11(10)9-12/h4-7,12,14H,8-9H2,1-3H3. The number of fused-ring (bicyclic) bond motifs is 1. The minimum Gasteiger partial charge on any atom is -0.296 e. The predicted molar refractivity (Wildman–Crippen MR) is 61.6 cm³/mol. The van der Waals surface area contributed by atoms with Gasteiger partial charge in [0.2, 0.25) is 0 Å². The molecule has 82 valence electrons. The van der Waals surface area contributed by atoms with Gasteiger partial charge in [-0.15, -0.1) is 0 Å². The molecule has 0 spiro atoms. The van der Waals surface area contributed by atoms with Gasteiger partial charge in [0.1, 0.15) is 0 Å². The van der Waals surface area contributed by atoms with Gasteiger partial charge in [0.25, 0.3) is 0 Å². The Hall–Kier alpha value is -0.860. The van der Waals surface area contributed by atoms with E-state index < -0.39 is 0 Å². The van der Waals surface area contributed by atoms with E-state index in [9.17, 15) is 0 Å². The maximum Gasteiger partial charge on any atom is 0.0813 e. The van der Waals surface area contributed by atoms with E-state index in [2.05, 4.69) is 50.5 Å². The lowest BCUT2D eigenvalue weighted by molar-refractivity contribution is -0.0869. The normalized spacial score (nSPS) is 16.7. The van der Waals surface area contributed by atoms with Crippen LogP contribution in [0.2, 0.25) is 0 Å². The maximum atomic E-state index is 5.59. The van der Waals surface area contributed by atoms with Crippen LogP contribution >= 0.6 is 0 Å². The van der Waals surface area contributed by atoms with Gasteiger partial charge in [0.15, 0.2) is 0 Å². The Labute approximate surface area is 91.6 Å². The molecule has 1 aliphatic carbocycles. The Morgan fingerprint density at radius 2 is 1.67 bits per heavy atom. The summed E-state index contributed by atoms with van der Waals surface area (Å²) in [6.07, 6.45) is 2.15. The summed E-state index contributed by atoms with van der Waals surface area (Å²) in [6, 6.07) is 9.04. The lowest BCUT2D eigenvalue weighted by Crippen LogP contribution is -2.37. The summed E-state index contributed by atoms with van der Waals surface area (Å²) in [5.74, 6) is 0. The number of rotatable bonds is 2. The van der Waals surface area contributed by atoms with Crippen LogP contribution in [0.5, 0.6) is 0 Å². The molecule has 2 heteroatoms. The van der Waals surface area contributed by atoms with E-state index in [1.54, 1.807) is 0 Å². The van der Waals surface area contributed by atoms with Crippen molar-refractivity contribution < 1.29 is 4.84 Å². The summed E-state index contributed by atoms with van der Waals surface area (Å²) in [6.45, 7) is 6.17. The number of hydroxylamine groups is 1. The van der Waals surface area contributed by atoms with E-state index in [1.165, 1.54) is 11.1 Å². The van der Waals surface area contributed by atoms with Gasteiger partial charge < -0.3 is 0 Å². The third-order valence-electron chi connectivity index (χ3n) is 2.58. The summed E-state index contributed by atoms with van der Waals surface area (Å²) >= 11 is 0. The van der Waals surface area contributed by atoms with Gasteiger partial charge in [-0.05, 0) is 44.7 Å². The minimum atomic E-state index is -0.116. The average Bonchev–Trinajstić information content (AvgIpc) is 2.56. The molecule has 2 nitrogen and oxygen atoms in total. The molecule has 0 bridgehead atoms. The van der Waals surface area contributed by atoms with Gasteiger partial charge in [-0.25, -0.2) is 0 Å². The second kappa shape index (κ2) is 3.95. The molecule has 15 heavy (non-hydrogen) atoms. The predicted octanol–water partition coefficient (Wildman–Crippen LogP) is 2.47. The van der Waals surface area contributed by atoms with E-state index in [4.69, 9.17) is 4.84 Å². The topological polar surface area (TPSA) is 21.3 Å². The second-order valence-electron chi connectivity index (χ2n) is 5.21. The Morgan fingerprint density at radius 1 is 1.13 bits per heavy atom. The first kappa shape index (κ1) is 10.7. The highest BCUT2D eigenvalue weighted by molar-refractivity contribution is 5.33. The highest BCUT2D eigenvalue weighted by atomic mass is 16.7. The maximum absolute atomic E-state index is 5.59. The molecule has 0 saturated heterocycles. The Balaban J connectivity index is 1.91. The third kappa shape index (κ3) is 2.80. The minimum absolute atomic E-state index is 0.116. The van der Waals surface area contributed by atoms with Crippen LogP contribution in [0.15, 0.2) is 24.3 Å². The van der Waals surface area contributed by atoms with Crippen molar-refractivity contribution in [3.63, 3.8) is 0 Å². The largest absolute Gasteiger partial charge is 0.296 e. The van der Waals surface area contributed by atoms with Crippen LogP contribution in [-0.2, 0) is 17.7 Å². The van der Waals surface area contributed by atoms with Gasteiger partial charge in [-0.2, -0.15) is 5.48 Å². The van der Waals surface area contributed by atoms with Crippen LogP contribution in [0, 0.1) is 0 Å². The molecule has 1 N–H and O–H groups in total. The number of hydrogen-bond donors (Lipinski definition) is 1. The molecule has 0 fully saturated rings. The first-order valence-corrected chi connectivity index (χ1v) is 5.55. The van der Waals surface area contributed by atoms with Crippen LogP contribution in [0.4, 0.5) is 0 Å². The van der Waals surface area contributed by atoms with Crippen molar-refractivity contribution in [2.75, 3.05) is 0 Å². The Bertz CT molecular complexity index is 316. The van der Waals surface area contributed by atoms with Crippen LogP contribution in [0.1, 0.15) is 31.9 Å². The molecule has 0 aromatic heterocycles. The molecule has 0 heterocycles. The molecule has 1 aromatic carbocycles. The summed E-state index contributed by atoms with van der Waals surface area (Å²) in [7, 11) is 0. The van der Waals surface area contributed by atoms with Crippen LogP contribution in [0.3, 0.4) is 0 Å². The lowest BCUT2D eigenvalue weighted by atomic mass is 10.1. The van der Waals surface area contributed by atoms with Gasteiger partial charge in [-0.3, -0.25) is 4.84 Å². The van der Waals surface area contributed by atoms with Crippen molar-refractivity contribution in [3.8, 4) is 0 Å². The van der Waals surface area contributed by atoms with Crippen molar-refractivity contribution in [3.05, 3.63) is 35.4 Å². The van der Waals surface area contributed by atoms with Gasteiger partial charge in [0.05, 0.1) is 5.60 Å². The zero-order valence-electron chi connectivity index (χ0n) is 9.71. The fourth-order valence-electron chi connectivity index (χ4n) is 1.90. The molecule has 0 unspecified atom stereocenters. The van der Waals surface area contributed by atoms with Crippen molar-refractivity contribution in [1.82, 2.24) is 5.48 Å². The smallest absolute Gasteiger partial charge is 0.0813 e. The van der Waals surface area contributed by atoms with Gasteiger partial charge >= 0.3 is 0 Å². The van der Waals surface area contributed by atoms with E-state index in [1.807, 2.05) is 0 Å². The zero-order valence-corrected chi connectivity index (χ0v) is 9.71. The molecule has 0 amide bonds.